The molecule has 0 spiro atoms. The first-order valence-corrected chi connectivity index (χ1v) is 11.1. The molecule has 0 bridgehead atoms. The minimum absolute atomic E-state index is 0.0139. The Balaban J connectivity index is 2.89. The molecule has 0 fully saturated rings. The molecule has 21 heavy (non-hydrogen) atoms. The summed E-state index contributed by atoms with van der Waals surface area (Å²) >= 11 is 9.05. The Hall–Kier alpha value is -0.0200. The first-order valence-electron chi connectivity index (χ1n) is 5.84. The first-order chi connectivity index (χ1) is 9.57. The molecule has 0 aliphatic heterocycles. The molecule has 0 aromatic heterocycles. The molecule has 0 aliphatic carbocycles. The highest BCUT2D eigenvalue weighted by Gasteiger charge is 2.21. The van der Waals surface area contributed by atoms with Crippen LogP contribution in [0.2, 0.25) is 5.02 Å². The van der Waals surface area contributed by atoms with E-state index in [-0.39, 0.29) is 40.2 Å². The van der Waals surface area contributed by atoms with Gasteiger partial charge in [0.05, 0.1) is 17.4 Å². The molecule has 0 radical (unpaired) electrons. The van der Waals surface area contributed by atoms with E-state index in [4.69, 9.17) is 27.0 Å². The van der Waals surface area contributed by atoms with Crippen molar-refractivity contribution in [1.82, 2.24) is 0 Å². The number of sulfone groups is 1. The van der Waals surface area contributed by atoms with Gasteiger partial charge in [-0.15, -0.1) is 0 Å². The summed E-state index contributed by atoms with van der Waals surface area (Å²) in [6.45, 7) is 1.57. The Morgan fingerprint density at radius 1 is 1.24 bits per heavy atom. The normalized spacial score (nSPS) is 12.4. The van der Waals surface area contributed by atoms with Crippen LogP contribution in [0.25, 0.3) is 0 Å². The van der Waals surface area contributed by atoms with Crippen LogP contribution in [0.5, 0.6) is 5.75 Å². The third kappa shape index (κ3) is 5.94. The molecule has 0 unspecified atom stereocenters. The van der Waals surface area contributed by atoms with Gasteiger partial charge < -0.3 is 4.74 Å². The quantitative estimate of drug-likeness (QED) is 0.481. The summed E-state index contributed by atoms with van der Waals surface area (Å²) in [6.07, 6.45) is 0.227. The Labute approximate surface area is 142 Å². The largest absolute Gasteiger partial charge is 0.491 e. The zero-order valence-corrected chi connectivity index (χ0v) is 15.7. The topological polar surface area (TPSA) is 77.5 Å². The van der Waals surface area contributed by atoms with Crippen LogP contribution in [0, 0.1) is 0 Å². The minimum atomic E-state index is -4.03. The lowest BCUT2D eigenvalue weighted by molar-refractivity contribution is 0.310. The van der Waals surface area contributed by atoms with Crippen LogP contribution < -0.4 is 4.74 Å². The van der Waals surface area contributed by atoms with Crippen molar-refractivity contribution >= 4 is 57.1 Å². The van der Waals surface area contributed by atoms with E-state index in [2.05, 4.69) is 15.9 Å². The average Bonchev–Trinajstić information content (AvgIpc) is 2.34. The minimum Gasteiger partial charge on any atom is -0.491 e. The summed E-state index contributed by atoms with van der Waals surface area (Å²) in [7, 11) is -1.80. The van der Waals surface area contributed by atoms with Crippen LogP contribution in [0.3, 0.4) is 0 Å². The molecule has 5 nitrogen and oxygen atoms in total. The molecule has 0 N–H and O–H groups in total. The van der Waals surface area contributed by atoms with E-state index in [9.17, 15) is 16.8 Å². The van der Waals surface area contributed by atoms with Crippen LogP contribution in [0.4, 0.5) is 0 Å². The highest BCUT2D eigenvalue weighted by Crippen LogP contribution is 2.37. The average molecular weight is 440 g/mol. The van der Waals surface area contributed by atoms with Crippen molar-refractivity contribution in [1.29, 1.82) is 0 Å². The Morgan fingerprint density at radius 3 is 2.38 bits per heavy atom. The van der Waals surface area contributed by atoms with Gasteiger partial charge in [0.1, 0.15) is 14.7 Å². The summed E-state index contributed by atoms with van der Waals surface area (Å²) in [4.78, 5) is -0.262. The first kappa shape index (κ1) is 19.0. The van der Waals surface area contributed by atoms with Crippen LogP contribution in [0.15, 0.2) is 21.5 Å². The Morgan fingerprint density at radius 2 is 1.86 bits per heavy atom. The van der Waals surface area contributed by atoms with Gasteiger partial charge in [-0.05, 0) is 18.6 Å². The van der Waals surface area contributed by atoms with E-state index in [0.717, 1.165) is 0 Å². The maximum Gasteiger partial charge on any atom is 0.265 e. The van der Waals surface area contributed by atoms with E-state index in [0.29, 0.717) is 4.47 Å². The van der Waals surface area contributed by atoms with E-state index in [1.165, 1.54) is 12.1 Å². The second kappa shape index (κ2) is 7.50. The maximum atomic E-state index is 11.5. The molecular weight excluding hydrogens is 427 g/mol. The van der Waals surface area contributed by atoms with Crippen molar-refractivity contribution in [2.45, 2.75) is 18.2 Å². The fourth-order valence-corrected chi connectivity index (χ4v) is 4.37. The van der Waals surface area contributed by atoms with Gasteiger partial charge >= 0.3 is 0 Å². The zero-order chi connectivity index (χ0) is 16.3. The number of rotatable bonds is 7. The molecule has 0 aliphatic rings. The van der Waals surface area contributed by atoms with Gasteiger partial charge in [-0.25, -0.2) is 16.8 Å². The summed E-state index contributed by atoms with van der Waals surface area (Å²) in [6, 6.07) is 2.73. The SMILES string of the molecule is CCS(=O)(=O)CCCOc1c(Cl)cc(Br)cc1S(=O)(=O)Cl. The van der Waals surface area contributed by atoms with Crippen LogP contribution in [-0.2, 0) is 18.9 Å². The van der Waals surface area contributed by atoms with Gasteiger partial charge in [0.15, 0.2) is 5.75 Å². The molecule has 1 aromatic carbocycles. The molecular formula is C11H13BrCl2O5S2. The fourth-order valence-electron chi connectivity index (χ4n) is 1.46. The molecule has 0 amide bonds. The molecule has 0 saturated heterocycles. The highest BCUT2D eigenvalue weighted by atomic mass is 79.9. The van der Waals surface area contributed by atoms with Gasteiger partial charge in [0, 0.05) is 20.9 Å². The predicted molar refractivity (Wildman–Crippen MR) is 86.6 cm³/mol. The second-order valence-corrected chi connectivity index (χ2v) is 10.4. The van der Waals surface area contributed by atoms with Crippen molar-refractivity contribution in [3.63, 3.8) is 0 Å². The van der Waals surface area contributed by atoms with Crippen molar-refractivity contribution < 1.29 is 21.6 Å². The number of ether oxygens (including phenoxy) is 1. The lowest BCUT2D eigenvalue weighted by Crippen LogP contribution is -2.12. The Kier molecular flexibility index (Phi) is 6.80. The molecule has 0 saturated carbocycles. The van der Waals surface area contributed by atoms with Crippen molar-refractivity contribution in [3.05, 3.63) is 21.6 Å². The van der Waals surface area contributed by atoms with Crippen molar-refractivity contribution in [2.24, 2.45) is 0 Å². The molecule has 120 valence electrons. The molecule has 10 heteroatoms. The molecule has 0 heterocycles. The summed E-state index contributed by atoms with van der Waals surface area (Å²) in [5.41, 5.74) is 0. The van der Waals surface area contributed by atoms with Gasteiger partial charge in [0.2, 0.25) is 0 Å². The van der Waals surface area contributed by atoms with Crippen molar-refractivity contribution in [3.8, 4) is 5.75 Å². The van der Waals surface area contributed by atoms with Gasteiger partial charge in [-0.3, -0.25) is 0 Å². The molecule has 1 rings (SSSR count). The standard InChI is InChI=1S/C11H13BrCl2O5S2/c1-2-20(15,16)5-3-4-19-11-9(13)6-8(12)7-10(11)21(14,17)18/h6-7H,2-5H2,1H3. The number of halogens is 3. The maximum absolute atomic E-state index is 11.5. The van der Waals surface area contributed by atoms with Crippen LogP contribution >= 0.6 is 38.2 Å². The van der Waals surface area contributed by atoms with Gasteiger partial charge in [-0.2, -0.15) is 0 Å². The number of hydrogen-bond donors (Lipinski definition) is 0. The third-order valence-corrected chi connectivity index (χ3v) is 6.38. The molecule has 1 aromatic rings. The summed E-state index contributed by atoms with van der Waals surface area (Å²) in [5.74, 6) is -0.0720. The lowest BCUT2D eigenvalue weighted by Gasteiger charge is -2.12. The van der Waals surface area contributed by atoms with Crippen LogP contribution in [-0.4, -0.2) is 34.9 Å². The predicted octanol–water partition coefficient (Wildman–Crippen LogP) is 3.23. The van der Waals surface area contributed by atoms with E-state index in [1.807, 2.05) is 0 Å². The summed E-state index contributed by atoms with van der Waals surface area (Å²) < 4.78 is 51.4. The Bertz CT molecular complexity index is 716. The monoisotopic (exact) mass is 438 g/mol. The highest BCUT2D eigenvalue weighted by molar-refractivity contribution is 9.10. The lowest BCUT2D eigenvalue weighted by atomic mass is 10.3. The van der Waals surface area contributed by atoms with Gasteiger partial charge in [-0.1, -0.05) is 34.5 Å². The smallest absolute Gasteiger partial charge is 0.265 e. The van der Waals surface area contributed by atoms with E-state index in [1.54, 1.807) is 6.92 Å². The third-order valence-electron chi connectivity index (χ3n) is 2.52. The zero-order valence-electron chi connectivity index (χ0n) is 11.0. The second-order valence-electron chi connectivity index (χ2n) is 4.09. The summed E-state index contributed by atoms with van der Waals surface area (Å²) in [5, 5.41) is 0.0712. The van der Waals surface area contributed by atoms with Crippen LogP contribution in [0.1, 0.15) is 13.3 Å². The number of benzene rings is 1. The molecule has 0 atom stereocenters. The van der Waals surface area contributed by atoms with Gasteiger partial charge in [0.25, 0.3) is 9.05 Å². The van der Waals surface area contributed by atoms with E-state index < -0.39 is 18.9 Å². The fraction of sp³-hybridized carbons (Fsp3) is 0.455. The van der Waals surface area contributed by atoms with E-state index >= 15 is 0 Å². The van der Waals surface area contributed by atoms with Crippen molar-refractivity contribution in [2.75, 3.05) is 18.1 Å². The number of hydrogen-bond acceptors (Lipinski definition) is 5.